The van der Waals surface area contributed by atoms with E-state index in [1.54, 1.807) is 35.6 Å². The van der Waals surface area contributed by atoms with Gasteiger partial charge in [0.1, 0.15) is 12.4 Å². The largest absolute Gasteiger partial charge is 0.493 e. The van der Waals surface area contributed by atoms with Crippen LogP contribution < -0.4 is 10.5 Å². The Morgan fingerprint density at radius 2 is 2.00 bits per heavy atom. The van der Waals surface area contributed by atoms with Crippen LogP contribution in [0.1, 0.15) is 11.3 Å². The number of benzene rings is 1. The van der Waals surface area contributed by atoms with Gasteiger partial charge in [0.05, 0.1) is 13.0 Å². The molecule has 0 saturated carbocycles. The number of hydrogen-bond donors (Lipinski definition) is 1. The summed E-state index contributed by atoms with van der Waals surface area (Å²) in [7, 11) is 0. The minimum absolute atomic E-state index is 0.232. The summed E-state index contributed by atoms with van der Waals surface area (Å²) >= 11 is 1.57. The van der Waals surface area contributed by atoms with E-state index in [1.165, 1.54) is 0 Å². The third-order valence-corrected chi connectivity index (χ3v) is 3.26. The van der Waals surface area contributed by atoms with Crippen LogP contribution in [0, 0.1) is 0 Å². The van der Waals surface area contributed by atoms with E-state index in [0.29, 0.717) is 24.7 Å². The fourth-order valence-corrected chi connectivity index (χ4v) is 2.05. The number of carbonyl (C=O) groups excluding carboxylic acids is 1. The molecule has 1 heterocycles. The van der Waals surface area contributed by atoms with E-state index in [4.69, 9.17) is 15.2 Å². The van der Waals surface area contributed by atoms with Gasteiger partial charge in [0.2, 0.25) is 0 Å². The van der Waals surface area contributed by atoms with Gasteiger partial charge in [-0.1, -0.05) is 6.07 Å². The molecule has 2 aromatic rings. The molecule has 0 aliphatic heterocycles. The summed E-state index contributed by atoms with van der Waals surface area (Å²) in [6.07, 6.45) is 0.232. The second-order valence-electron chi connectivity index (χ2n) is 3.91. The molecule has 0 fully saturated rings. The van der Waals surface area contributed by atoms with Crippen LogP contribution in [-0.2, 0) is 16.1 Å². The van der Waals surface area contributed by atoms with E-state index in [1.807, 2.05) is 17.5 Å². The van der Waals surface area contributed by atoms with E-state index >= 15 is 0 Å². The number of thiophene rings is 1. The van der Waals surface area contributed by atoms with Crippen LogP contribution in [0.25, 0.3) is 0 Å². The van der Waals surface area contributed by atoms with Gasteiger partial charge in [-0.05, 0) is 35.7 Å². The first-order chi connectivity index (χ1) is 9.24. The highest BCUT2D eigenvalue weighted by Crippen LogP contribution is 2.13. The van der Waals surface area contributed by atoms with Crippen LogP contribution in [0.4, 0.5) is 5.69 Å². The second-order valence-corrected chi connectivity index (χ2v) is 4.94. The van der Waals surface area contributed by atoms with Crippen LogP contribution in [-0.4, -0.2) is 12.6 Å². The Balaban J connectivity index is 1.65. The molecule has 19 heavy (non-hydrogen) atoms. The molecule has 2 N–H and O–H groups in total. The number of anilines is 1. The normalized spacial score (nSPS) is 10.1. The number of carbonyl (C=O) groups is 1. The summed E-state index contributed by atoms with van der Waals surface area (Å²) in [6, 6.07) is 10.9. The van der Waals surface area contributed by atoms with E-state index in [-0.39, 0.29) is 12.4 Å². The van der Waals surface area contributed by atoms with Crippen molar-refractivity contribution in [3.05, 3.63) is 46.7 Å². The van der Waals surface area contributed by atoms with Gasteiger partial charge < -0.3 is 15.2 Å². The lowest BCUT2D eigenvalue weighted by Crippen LogP contribution is -2.09. The maximum Gasteiger partial charge on any atom is 0.309 e. The van der Waals surface area contributed by atoms with Crippen molar-refractivity contribution in [3.8, 4) is 5.75 Å². The molecular formula is C14H15NO3S. The Bertz CT molecular complexity index is 508. The van der Waals surface area contributed by atoms with Crippen LogP contribution in [0.15, 0.2) is 41.8 Å². The van der Waals surface area contributed by atoms with Gasteiger partial charge in [0.15, 0.2) is 0 Å². The summed E-state index contributed by atoms with van der Waals surface area (Å²) in [5.41, 5.74) is 6.24. The fraction of sp³-hybridized carbons (Fsp3) is 0.214. The van der Waals surface area contributed by atoms with E-state index < -0.39 is 0 Å². The van der Waals surface area contributed by atoms with Crippen molar-refractivity contribution >= 4 is 23.0 Å². The molecule has 0 unspecified atom stereocenters. The zero-order valence-electron chi connectivity index (χ0n) is 10.4. The Morgan fingerprint density at radius 3 is 2.68 bits per heavy atom. The van der Waals surface area contributed by atoms with Gasteiger partial charge in [0.25, 0.3) is 0 Å². The molecule has 0 spiro atoms. The van der Waals surface area contributed by atoms with Crippen LogP contribution >= 0.6 is 11.3 Å². The Morgan fingerprint density at radius 1 is 1.21 bits per heavy atom. The zero-order valence-corrected chi connectivity index (χ0v) is 11.2. The molecule has 0 aliphatic rings. The zero-order chi connectivity index (χ0) is 13.5. The molecule has 0 atom stereocenters. The van der Waals surface area contributed by atoms with Crippen molar-refractivity contribution in [2.24, 2.45) is 0 Å². The summed E-state index contributed by atoms with van der Waals surface area (Å²) in [4.78, 5) is 12.5. The molecule has 2 rings (SSSR count). The van der Waals surface area contributed by atoms with Crippen molar-refractivity contribution in [2.75, 3.05) is 12.3 Å². The highest BCUT2D eigenvalue weighted by atomic mass is 32.1. The van der Waals surface area contributed by atoms with E-state index in [0.717, 1.165) is 4.88 Å². The Hall–Kier alpha value is -2.01. The number of ether oxygens (including phenoxy) is 2. The van der Waals surface area contributed by atoms with Gasteiger partial charge in [-0.25, -0.2) is 0 Å². The Labute approximate surface area is 115 Å². The minimum Gasteiger partial charge on any atom is -0.493 e. The maximum atomic E-state index is 11.5. The number of hydrogen-bond acceptors (Lipinski definition) is 5. The third-order valence-electron chi connectivity index (χ3n) is 2.41. The molecule has 100 valence electrons. The molecule has 1 aromatic carbocycles. The number of esters is 1. The van der Waals surface area contributed by atoms with E-state index in [9.17, 15) is 4.79 Å². The van der Waals surface area contributed by atoms with Gasteiger partial charge in [-0.3, -0.25) is 4.79 Å². The van der Waals surface area contributed by atoms with Crippen LogP contribution in [0.3, 0.4) is 0 Å². The van der Waals surface area contributed by atoms with Gasteiger partial charge in [-0.2, -0.15) is 0 Å². The molecule has 1 aromatic heterocycles. The summed E-state index contributed by atoms with van der Waals surface area (Å²) < 4.78 is 10.5. The molecular weight excluding hydrogens is 262 g/mol. The molecule has 4 nitrogen and oxygen atoms in total. The maximum absolute atomic E-state index is 11.5. The number of rotatable bonds is 6. The van der Waals surface area contributed by atoms with Crippen molar-refractivity contribution in [1.82, 2.24) is 0 Å². The Kier molecular flexibility index (Phi) is 4.80. The first-order valence-corrected chi connectivity index (χ1v) is 6.78. The highest BCUT2D eigenvalue weighted by Gasteiger charge is 2.04. The first-order valence-electron chi connectivity index (χ1n) is 5.90. The average molecular weight is 277 g/mol. The van der Waals surface area contributed by atoms with Crippen LogP contribution in [0.2, 0.25) is 0 Å². The molecule has 0 bridgehead atoms. The summed E-state index contributed by atoms with van der Waals surface area (Å²) in [6.45, 7) is 0.631. The third kappa shape index (κ3) is 4.63. The predicted octanol–water partition coefficient (Wildman–Crippen LogP) is 2.84. The highest BCUT2D eigenvalue weighted by molar-refractivity contribution is 7.09. The lowest BCUT2D eigenvalue weighted by atomic mass is 10.3. The molecule has 5 heteroatoms. The molecule has 0 saturated heterocycles. The van der Waals surface area contributed by atoms with Crippen LogP contribution in [0.5, 0.6) is 5.75 Å². The lowest BCUT2D eigenvalue weighted by molar-refractivity contribution is -0.145. The van der Waals surface area contributed by atoms with Gasteiger partial charge >= 0.3 is 5.97 Å². The average Bonchev–Trinajstić information content (AvgIpc) is 2.92. The first kappa shape index (κ1) is 13.4. The minimum atomic E-state index is -0.260. The second kappa shape index (κ2) is 6.80. The number of nitrogens with two attached hydrogens (primary N) is 1. The smallest absolute Gasteiger partial charge is 0.309 e. The van der Waals surface area contributed by atoms with Crippen molar-refractivity contribution in [3.63, 3.8) is 0 Å². The van der Waals surface area contributed by atoms with Gasteiger partial charge in [0, 0.05) is 10.6 Å². The topological polar surface area (TPSA) is 61.5 Å². The molecule has 0 radical (unpaired) electrons. The number of nitrogen functional groups attached to an aromatic ring is 1. The van der Waals surface area contributed by atoms with Crippen molar-refractivity contribution in [1.29, 1.82) is 0 Å². The molecule has 0 aliphatic carbocycles. The SMILES string of the molecule is Nc1ccc(OCCC(=O)OCc2cccs2)cc1. The fourth-order valence-electron chi connectivity index (χ4n) is 1.43. The van der Waals surface area contributed by atoms with Gasteiger partial charge in [-0.15, -0.1) is 11.3 Å². The standard InChI is InChI=1S/C14H15NO3S/c15-11-3-5-12(6-4-11)17-8-7-14(16)18-10-13-2-1-9-19-13/h1-6,9H,7-8,10,15H2. The van der Waals surface area contributed by atoms with E-state index in [2.05, 4.69) is 0 Å². The summed E-state index contributed by atoms with van der Waals surface area (Å²) in [5, 5.41) is 1.95. The van der Waals surface area contributed by atoms with Crippen molar-refractivity contribution < 1.29 is 14.3 Å². The summed E-state index contributed by atoms with van der Waals surface area (Å²) in [5.74, 6) is 0.434. The quantitative estimate of drug-likeness (QED) is 0.651. The van der Waals surface area contributed by atoms with Crippen molar-refractivity contribution in [2.45, 2.75) is 13.0 Å². The predicted molar refractivity (Wildman–Crippen MR) is 75.1 cm³/mol. The molecule has 0 amide bonds. The monoisotopic (exact) mass is 277 g/mol. The lowest BCUT2D eigenvalue weighted by Gasteiger charge is -2.06.